The summed E-state index contributed by atoms with van der Waals surface area (Å²) < 4.78 is 0. The molecule has 1 fully saturated rings. The fourth-order valence-corrected chi connectivity index (χ4v) is 2.54. The first-order chi connectivity index (χ1) is 8.69. The van der Waals surface area contributed by atoms with Gasteiger partial charge in [0.2, 0.25) is 0 Å². The topological polar surface area (TPSA) is 29.3 Å². The van der Waals surface area contributed by atoms with E-state index in [1.54, 1.807) is 0 Å². The highest BCUT2D eigenvalue weighted by Crippen LogP contribution is 2.29. The molecule has 0 atom stereocenters. The second kappa shape index (κ2) is 15.0. The second-order valence-corrected chi connectivity index (χ2v) is 4.94. The lowest BCUT2D eigenvalue weighted by Gasteiger charge is -2.34. The summed E-state index contributed by atoms with van der Waals surface area (Å²) in [6, 6.07) is 0.887. The Bertz CT molecular complexity index is 140. The molecule has 1 aliphatic carbocycles. The molecule has 0 saturated heterocycles. The molecule has 0 aromatic heterocycles. The van der Waals surface area contributed by atoms with Crippen molar-refractivity contribution in [3.05, 3.63) is 0 Å². The highest BCUT2D eigenvalue weighted by Gasteiger charge is 2.22. The van der Waals surface area contributed by atoms with Gasteiger partial charge in [0, 0.05) is 6.04 Å². The number of hydrogen-bond acceptors (Lipinski definition) is 2. The maximum absolute atomic E-state index is 4.85. The van der Waals surface area contributed by atoms with E-state index >= 15 is 0 Å². The Kier molecular flexibility index (Phi) is 16.8. The van der Waals surface area contributed by atoms with Crippen molar-refractivity contribution < 1.29 is 0 Å². The van der Waals surface area contributed by atoms with Gasteiger partial charge in [-0.1, -0.05) is 47.5 Å². The monoisotopic (exact) mass is 258 g/mol. The van der Waals surface area contributed by atoms with E-state index in [1.165, 1.54) is 45.1 Å². The van der Waals surface area contributed by atoms with Crippen LogP contribution in [0.3, 0.4) is 0 Å². The van der Waals surface area contributed by atoms with Crippen LogP contribution in [0.5, 0.6) is 0 Å². The maximum Gasteiger partial charge on any atom is 0.00923 e. The minimum atomic E-state index is 0.750. The third-order valence-electron chi connectivity index (χ3n) is 3.64. The van der Waals surface area contributed by atoms with Crippen molar-refractivity contribution in [1.29, 1.82) is 0 Å². The van der Waals surface area contributed by atoms with E-state index in [0.29, 0.717) is 0 Å². The lowest BCUT2D eigenvalue weighted by atomic mass is 9.83. The van der Waals surface area contributed by atoms with Crippen molar-refractivity contribution in [2.24, 2.45) is 11.7 Å². The first-order valence-corrected chi connectivity index (χ1v) is 8.09. The highest BCUT2D eigenvalue weighted by atomic mass is 15.1. The van der Waals surface area contributed by atoms with Crippen LogP contribution in [-0.2, 0) is 0 Å². The van der Waals surface area contributed by atoms with Crippen LogP contribution in [0.4, 0.5) is 0 Å². The van der Waals surface area contributed by atoms with E-state index < -0.39 is 0 Å². The second-order valence-electron chi connectivity index (χ2n) is 4.94. The smallest absolute Gasteiger partial charge is 0.00923 e. The van der Waals surface area contributed by atoms with E-state index in [4.69, 9.17) is 5.73 Å². The van der Waals surface area contributed by atoms with Gasteiger partial charge >= 0.3 is 0 Å². The van der Waals surface area contributed by atoms with E-state index in [2.05, 4.69) is 25.8 Å². The van der Waals surface area contributed by atoms with Gasteiger partial charge in [0.05, 0.1) is 0 Å². The quantitative estimate of drug-likeness (QED) is 0.815. The SMILES string of the molecule is CC.CCCC1CCC(N(C)CC)CC1.CCN. The summed E-state index contributed by atoms with van der Waals surface area (Å²) in [7, 11) is 2.27. The molecule has 0 unspecified atom stereocenters. The first kappa shape index (κ1) is 20.2. The lowest BCUT2D eigenvalue weighted by Crippen LogP contribution is -2.34. The zero-order valence-corrected chi connectivity index (χ0v) is 13.8. The molecule has 1 aliphatic rings. The van der Waals surface area contributed by atoms with Crippen LogP contribution in [0.15, 0.2) is 0 Å². The molecule has 1 saturated carbocycles. The Labute approximate surface area is 116 Å². The van der Waals surface area contributed by atoms with Gasteiger partial charge in [0.25, 0.3) is 0 Å². The van der Waals surface area contributed by atoms with Gasteiger partial charge in [-0.25, -0.2) is 0 Å². The van der Waals surface area contributed by atoms with Crippen LogP contribution < -0.4 is 5.73 Å². The predicted molar refractivity (Wildman–Crippen MR) is 85.0 cm³/mol. The molecule has 18 heavy (non-hydrogen) atoms. The molecule has 0 aromatic rings. The Balaban J connectivity index is 0. The summed E-state index contributed by atoms with van der Waals surface area (Å²) in [5.74, 6) is 1.05. The van der Waals surface area contributed by atoms with Crippen molar-refractivity contribution in [3.63, 3.8) is 0 Å². The molecule has 0 aliphatic heterocycles. The third-order valence-corrected chi connectivity index (χ3v) is 3.64. The van der Waals surface area contributed by atoms with Gasteiger partial charge in [0.1, 0.15) is 0 Å². The zero-order valence-electron chi connectivity index (χ0n) is 13.8. The average Bonchev–Trinajstić information content (AvgIpc) is 2.42. The van der Waals surface area contributed by atoms with Crippen LogP contribution in [0.2, 0.25) is 0 Å². The van der Waals surface area contributed by atoms with Crippen LogP contribution in [0, 0.1) is 5.92 Å². The number of nitrogens with two attached hydrogens (primary N) is 1. The third kappa shape index (κ3) is 9.90. The number of hydrogen-bond donors (Lipinski definition) is 1. The van der Waals surface area contributed by atoms with Crippen molar-refractivity contribution >= 4 is 0 Å². The predicted octanol–water partition coefficient (Wildman–Crippen LogP) is 4.29. The standard InChI is InChI=1S/C12H25N.C2H7N.C2H6/c1-4-6-11-7-9-12(10-8-11)13(3)5-2;1-2-3;1-2/h11-12H,4-10H2,1-3H3;2-3H2,1H3;1-2H3. The fourth-order valence-electron chi connectivity index (χ4n) is 2.54. The molecule has 0 radical (unpaired) electrons. The summed E-state index contributed by atoms with van der Waals surface area (Å²) in [6.07, 6.45) is 8.66. The molecule has 112 valence electrons. The molecule has 0 amide bonds. The molecular formula is C16H38N2. The largest absolute Gasteiger partial charge is 0.331 e. The van der Waals surface area contributed by atoms with E-state index in [1.807, 2.05) is 20.8 Å². The van der Waals surface area contributed by atoms with Crippen molar-refractivity contribution in [2.75, 3.05) is 20.1 Å². The average molecular weight is 258 g/mol. The lowest BCUT2D eigenvalue weighted by molar-refractivity contribution is 0.168. The summed E-state index contributed by atoms with van der Waals surface area (Å²) >= 11 is 0. The van der Waals surface area contributed by atoms with Gasteiger partial charge in [-0.2, -0.15) is 0 Å². The molecule has 0 heterocycles. The summed E-state index contributed by atoms with van der Waals surface area (Å²) in [5, 5.41) is 0. The molecule has 2 heteroatoms. The van der Waals surface area contributed by atoms with Crippen molar-refractivity contribution in [1.82, 2.24) is 4.90 Å². The molecule has 0 spiro atoms. The minimum Gasteiger partial charge on any atom is -0.331 e. The number of rotatable bonds is 4. The first-order valence-electron chi connectivity index (χ1n) is 8.09. The van der Waals surface area contributed by atoms with E-state index in [0.717, 1.165) is 18.5 Å². The Hall–Kier alpha value is -0.0800. The summed E-state index contributed by atoms with van der Waals surface area (Å²) in [4.78, 5) is 2.52. The van der Waals surface area contributed by atoms with Crippen LogP contribution in [-0.4, -0.2) is 31.1 Å². The van der Waals surface area contributed by atoms with Gasteiger partial charge < -0.3 is 10.6 Å². The Morgan fingerprint density at radius 3 is 1.78 bits per heavy atom. The van der Waals surface area contributed by atoms with Crippen molar-refractivity contribution in [3.8, 4) is 0 Å². The summed E-state index contributed by atoms with van der Waals surface area (Å²) in [5.41, 5.74) is 4.85. The van der Waals surface area contributed by atoms with Gasteiger partial charge in [-0.05, 0) is 51.7 Å². The van der Waals surface area contributed by atoms with Crippen LogP contribution in [0.25, 0.3) is 0 Å². The van der Waals surface area contributed by atoms with Crippen LogP contribution >= 0.6 is 0 Å². The van der Waals surface area contributed by atoms with Gasteiger partial charge in [0.15, 0.2) is 0 Å². The van der Waals surface area contributed by atoms with Crippen LogP contribution in [0.1, 0.15) is 73.1 Å². The normalized spacial score (nSPS) is 22.7. The zero-order chi connectivity index (χ0) is 14.4. The van der Waals surface area contributed by atoms with E-state index in [9.17, 15) is 0 Å². The highest BCUT2D eigenvalue weighted by molar-refractivity contribution is 4.77. The summed E-state index contributed by atoms with van der Waals surface area (Å²) in [6.45, 7) is 12.4. The molecule has 1 rings (SSSR count). The Morgan fingerprint density at radius 2 is 1.44 bits per heavy atom. The van der Waals surface area contributed by atoms with Gasteiger partial charge in [-0.15, -0.1) is 0 Å². The fraction of sp³-hybridized carbons (Fsp3) is 1.00. The molecule has 2 N–H and O–H groups in total. The molecule has 0 bridgehead atoms. The van der Waals surface area contributed by atoms with Crippen molar-refractivity contribution in [2.45, 2.75) is 79.2 Å². The molecule has 2 nitrogen and oxygen atoms in total. The molecule has 0 aromatic carbocycles. The van der Waals surface area contributed by atoms with Gasteiger partial charge in [-0.3, -0.25) is 0 Å². The molecular weight excluding hydrogens is 220 g/mol. The number of nitrogens with zero attached hydrogens (tertiary/aromatic N) is 1. The van der Waals surface area contributed by atoms with E-state index in [-0.39, 0.29) is 0 Å². The maximum atomic E-state index is 4.85. The Morgan fingerprint density at radius 1 is 1.00 bits per heavy atom. The minimum absolute atomic E-state index is 0.750.